The molecule has 0 radical (unpaired) electrons. The summed E-state index contributed by atoms with van der Waals surface area (Å²) in [6, 6.07) is 7.92. The number of likely N-dealkylation sites (tertiary alicyclic amines) is 1. The lowest BCUT2D eigenvalue weighted by atomic mass is 9.97. The first-order valence-corrected chi connectivity index (χ1v) is 9.14. The maximum atomic E-state index is 12.6. The van der Waals surface area contributed by atoms with Gasteiger partial charge in [0.2, 0.25) is 5.91 Å². The summed E-state index contributed by atoms with van der Waals surface area (Å²) in [5, 5.41) is 3.06. The van der Waals surface area contributed by atoms with E-state index in [2.05, 4.69) is 22.1 Å². The number of fused-ring (bicyclic) bond motifs is 1. The molecule has 0 aliphatic carbocycles. The summed E-state index contributed by atoms with van der Waals surface area (Å²) in [4.78, 5) is 19.4. The van der Waals surface area contributed by atoms with E-state index in [4.69, 9.17) is 4.42 Å². The van der Waals surface area contributed by atoms with Crippen molar-refractivity contribution in [2.45, 2.75) is 32.9 Å². The molecule has 1 N–H and O–H groups in total. The number of rotatable bonds is 5. The van der Waals surface area contributed by atoms with E-state index in [1.54, 1.807) is 6.26 Å². The van der Waals surface area contributed by atoms with Crippen LogP contribution in [0, 0.1) is 12.8 Å². The molecule has 0 spiro atoms. The number of nitrogens with one attached hydrogen (secondary N) is 1. The second-order valence-electron chi connectivity index (χ2n) is 7.08. The molecule has 3 aromatic heterocycles. The number of aromatic nitrogens is 2. The largest absolute Gasteiger partial charge is 0.468 e. The van der Waals surface area contributed by atoms with E-state index < -0.39 is 0 Å². The minimum Gasteiger partial charge on any atom is -0.468 e. The smallest absolute Gasteiger partial charge is 0.224 e. The van der Waals surface area contributed by atoms with E-state index in [0.717, 1.165) is 49.6 Å². The molecule has 6 heteroatoms. The van der Waals surface area contributed by atoms with Crippen molar-refractivity contribution < 1.29 is 9.21 Å². The zero-order chi connectivity index (χ0) is 17.9. The Morgan fingerprint density at radius 1 is 1.35 bits per heavy atom. The van der Waals surface area contributed by atoms with E-state index in [9.17, 15) is 4.79 Å². The molecule has 26 heavy (non-hydrogen) atoms. The van der Waals surface area contributed by atoms with Crippen LogP contribution >= 0.6 is 0 Å². The zero-order valence-corrected chi connectivity index (χ0v) is 15.0. The number of aryl methyl sites for hydroxylation is 1. The Bertz CT molecular complexity index is 884. The molecule has 1 fully saturated rings. The maximum absolute atomic E-state index is 12.6. The molecule has 1 atom stereocenters. The molecule has 0 aromatic carbocycles. The molecule has 1 aliphatic heterocycles. The Balaban J connectivity index is 1.33. The molecular weight excluding hydrogens is 328 g/mol. The third-order valence-electron chi connectivity index (χ3n) is 4.93. The number of piperidine rings is 1. The molecule has 4 heterocycles. The van der Waals surface area contributed by atoms with Crippen LogP contribution in [0.5, 0.6) is 0 Å². The van der Waals surface area contributed by atoms with E-state index in [1.165, 1.54) is 5.56 Å². The number of furan rings is 1. The molecule has 3 aromatic rings. The van der Waals surface area contributed by atoms with Crippen LogP contribution in [0.1, 0.15) is 29.9 Å². The zero-order valence-electron chi connectivity index (χ0n) is 15.0. The summed E-state index contributed by atoms with van der Waals surface area (Å²) >= 11 is 0. The standard InChI is InChI=1S/C20H24N4O2/c1-15-6-7-19-22-17(13-24(19)11-15)10-21-20(25)16-4-2-8-23(12-16)14-18-5-3-9-26-18/h3,5-7,9,11,13,16H,2,4,8,10,12,14H2,1H3,(H,21,25). The van der Waals surface area contributed by atoms with Gasteiger partial charge in [0.1, 0.15) is 11.4 Å². The van der Waals surface area contributed by atoms with E-state index >= 15 is 0 Å². The lowest BCUT2D eigenvalue weighted by molar-refractivity contribution is -0.127. The average molecular weight is 352 g/mol. The van der Waals surface area contributed by atoms with Gasteiger partial charge in [0.15, 0.2) is 0 Å². The van der Waals surface area contributed by atoms with Crippen molar-refractivity contribution in [2.24, 2.45) is 5.92 Å². The third-order valence-corrected chi connectivity index (χ3v) is 4.93. The lowest BCUT2D eigenvalue weighted by Gasteiger charge is -2.31. The SMILES string of the molecule is Cc1ccc2nc(CNC(=O)C3CCCN(Cc4ccco4)C3)cn2c1. The predicted molar refractivity (Wildman–Crippen MR) is 98.5 cm³/mol. The van der Waals surface area contributed by atoms with Crippen LogP contribution < -0.4 is 5.32 Å². The summed E-state index contributed by atoms with van der Waals surface area (Å²) in [5.41, 5.74) is 2.97. The number of hydrogen-bond donors (Lipinski definition) is 1. The fourth-order valence-electron chi connectivity index (χ4n) is 3.60. The molecule has 1 amide bonds. The summed E-state index contributed by atoms with van der Waals surface area (Å²) < 4.78 is 7.42. The van der Waals surface area contributed by atoms with Gasteiger partial charge in [-0.05, 0) is 50.1 Å². The first-order valence-electron chi connectivity index (χ1n) is 9.14. The highest BCUT2D eigenvalue weighted by Gasteiger charge is 2.26. The van der Waals surface area contributed by atoms with Crippen LogP contribution in [-0.4, -0.2) is 33.3 Å². The van der Waals surface area contributed by atoms with Crippen molar-refractivity contribution in [2.75, 3.05) is 13.1 Å². The number of imidazole rings is 1. The van der Waals surface area contributed by atoms with Crippen LogP contribution in [0.3, 0.4) is 0 Å². The van der Waals surface area contributed by atoms with Crippen molar-refractivity contribution in [3.8, 4) is 0 Å². The van der Waals surface area contributed by atoms with Crippen molar-refractivity contribution in [1.29, 1.82) is 0 Å². The summed E-state index contributed by atoms with van der Waals surface area (Å²) in [6.07, 6.45) is 7.69. The summed E-state index contributed by atoms with van der Waals surface area (Å²) in [7, 11) is 0. The van der Waals surface area contributed by atoms with Crippen LogP contribution in [0.2, 0.25) is 0 Å². The van der Waals surface area contributed by atoms with Crippen molar-refractivity contribution >= 4 is 11.6 Å². The van der Waals surface area contributed by atoms with E-state index in [0.29, 0.717) is 6.54 Å². The Kier molecular flexibility index (Phi) is 4.75. The van der Waals surface area contributed by atoms with Crippen LogP contribution in [0.4, 0.5) is 0 Å². The van der Waals surface area contributed by atoms with Gasteiger partial charge in [-0.3, -0.25) is 9.69 Å². The summed E-state index contributed by atoms with van der Waals surface area (Å²) in [5.74, 6) is 1.09. The second kappa shape index (κ2) is 7.33. The highest BCUT2D eigenvalue weighted by Crippen LogP contribution is 2.19. The quantitative estimate of drug-likeness (QED) is 0.767. The van der Waals surface area contributed by atoms with E-state index in [1.807, 2.05) is 41.1 Å². The fourth-order valence-corrected chi connectivity index (χ4v) is 3.60. The molecule has 4 rings (SSSR count). The van der Waals surface area contributed by atoms with Crippen LogP contribution in [0.25, 0.3) is 5.65 Å². The van der Waals surface area contributed by atoms with Crippen LogP contribution in [0.15, 0.2) is 47.3 Å². The fraction of sp³-hybridized carbons (Fsp3) is 0.400. The molecule has 136 valence electrons. The second-order valence-corrected chi connectivity index (χ2v) is 7.08. The molecule has 0 bridgehead atoms. The topological polar surface area (TPSA) is 62.8 Å². The first kappa shape index (κ1) is 16.8. The number of carbonyl (C=O) groups excluding carboxylic acids is 1. The van der Waals surface area contributed by atoms with Gasteiger partial charge in [-0.2, -0.15) is 0 Å². The number of hydrogen-bond acceptors (Lipinski definition) is 4. The first-order chi connectivity index (χ1) is 12.7. The number of carbonyl (C=O) groups is 1. The van der Waals surface area contributed by atoms with Gasteiger partial charge >= 0.3 is 0 Å². The van der Waals surface area contributed by atoms with Gasteiger partial charge in [0.25, 0.3) is 0 Å². The monoisotopic (exact) mass is 352 g/mol. The number of nitrogens with zero attached hydrogens (tertiary/aromatic N) is 3. The number of pyridine rings is 1. The van der Waals surface area contributed by atoms with Gasteiger partial charge < -0.3 is 14.1 Å². The Morgan fingerprint density at radius 3 is 3.12 bits per heavy atom. The molecule has 0 saturated carbocycles. The predicted octanol–water partition coefficient (Wildman–Crippen LogP) is 2.76. The summed E-state index contributed by atoms with van der Waals surface area (Å²) in [6.45, 7) is 5.07. The van der Waals surface area contributed by atoms with E-state index in [-0.39, 0.29) is 11.8 Å². The van der Waals surface area contributed by atoms with Crippen molar-refractivity contribution in [3.63, 3.8) is 0 Å². The Morgan fingerprint density at radius 2 is 2.27 bits per heavy atom. The molecule has 1 unspecified atom stereocenters. The molecule has 1 aliphatic rings. The molecule has 1 saturated heterocycles. The Hall–Kier alpha value is -2.60. The highest BCUT2D eigenvalue weighted by molar-refractivity contribution is 5.78. The lowest BCUT2D eigenvalue weighted by Crippen LogP contribution is -2.42. The number of amides is 1. The third kappa shape index (κ3) is 3.80. The van der Waals surface area contributed by atoms with Gasteiger partial charge in [-0.1, -0.05) is 6.07 Å². The minimum absolute atomic E-state index is 0.0259. The minimum atomic E-state index is 0.0259. The Labute approximate surface area is 152 Å². The molecular formula is C20H24N4O2. The highest BCUT2D eigenvalue weighted by atomic mass is 16.3. The molecule has 6 nitrogen and oxygen atoms in total. The van der Waals surface area contributed by atoms with Gasteiger partial charge in [-0.15, -0.1) is 0 Å². The van der Waals surface area contributed by atoms with Gasteiger partial charge in [-0.25, -0.2) is 4.98 Å². The normalized spacial score (nSPS) is 18.3. The average Bonchev–Trinajstić information content (AvgIpc) is 3.28. The van der Waals surface area contributed by atoms with Crippen LogP contribution in [-0.2, 0) is 17.9 Å². The maximum Gasteiger partial charge on any atom is 0.224 e. The van der Waals surface area contributed by atoms with Gasteiger partial charge in [0, 0.05) is 18.9 Å². The van der Waals surface area contributed by atoms with Gasteiger partial charge in [0.05, 0.1) is 31.0 Å². The van der Waals surface area contributed by atoms with Crippen molar-refractivity contribution in [3.05, 3.63) is 59.9 Å². The van der Waals surface area contributed by atoms with Crippen molar-refractivity contribution in [1.82, 2.24) is 19.6 Å².